The average molecular weight is 248 g/mol. The van der Waals surface area contributed by atoms with Crippen molar-refractivity contribution >= 4 is 11.3 Å². The first-order valence-corrected chi connectivity index (χ1v) is 6.36. The van der Waals surface area contributed by atoms with Crippen LogP contribution in [-0.4, -0.2) is 19.1 Å². The minimum Gasteiger partial charge on any atom is -0.497 e. The molecule has 0 aliphatic heterocycles. The molecule has 1 atom stereocenters. The number of nitrogens with zero attached hydrogens (tertiary/aromatic N) is 1. The van der Waals surface area contributed by atoms with Crippen molar-refractivity contribution in [2.24, 2.45) is 0 Å². The summed E-state index contributed by atoms with van der Waals surface area (Å²) >= 11 is 1.67. The molecule has 3 nitrogen and oxygen atoms in total. The zero-order chi connectivity index (χ0) is 12.3. The summed E-state index contributed by atoms with van der Waals surface area (Å²) in [4.78, 5) is 4.53. The van der Waals surface area contributed by atoms with Gasteiger partial charge in [-0.3, -0.25) is 0 Å². The molecule has 90 valence electrons. The van der Waals surface area contributed by atoms with Crippen molar-refractivity contribution in [3.8, 4) is 5.75 Å². The van der Waals surface area contributed by atoms with Gasteiger partial charge in [-0.25, -0.2) is 4.98 Å². The second-order valence-corrected chi connectivity index (χ2v) is 4.85. The molecule has 0 bridgehead atoms. The molecule has 1 N–H and O–H groups in total. The summed E-state index contributed by atoms with van der Waals surface area (Å²) in [5.74, 6) is 0.873. The second kappa shape index (κ2) is 5.29. The van der Waals surface area contributed by atoms with Crippen molar-refractivity contribution in [2.75, 3.05) is 14.2 Å². The fourth-order valence-electron chi connectivity index (χ4n) is 1.79. The molecule has 0 amide bonds. The van der Waals surface area contributed by atoms with Crippen molar-refractivity contribution in [3.63, 3.8) is 0 Å². The maximum absolute atomic E-state index is 5.16. The Morgan fingerprint density at radius 3 is 2.47 bits per heavy atom. The van der Waals surface area contributed by atoms with Gasteiger partial charge in [0, 0.05) is 5.38 Å². The smallest absolute Gasteiger partial charge is 0.118 e. The van der Waals surface area contributed by atoms with Crippen LogP contribution in [0.4, 0.5) is 0 Å². The highest BCUT2D eigenvalue weighted by molar-refractivity contribution is 7.09. The van der Waals surface area contributed by atoms with Crippen LogP contribution in [0.2, 0.25) is 0 Å². The lowest BCUT2D eigenvalue weighted by atomic mass is 10.0. The number of thiazole rings is 1. The highest BCUT2D eigenvalue weighted by atomic mass is 32.1. The summed E-state index contributed by atoms with van der Waals surface area (Å²) in [7, 11) is 3.62. The van der Waals surface area contributed by atoms with Crippen molar-refractivity contribution in [1.29, 1.82) is 0 Å². The van der Waals surface area contributed by atoms with Gasteiger partial charge in [-0.05, 0) is 31.7 Å². The highest BCUT2D eigenvalue weighted by Crippen LogP contribution is 2.24. The summed E-state index contributed by atoms with van der Waals surface area (Å²) in [6, 6.07) is 8.21. The largest absolute Gasteiger partial charge is 0.497 e. The molecule has 0 spiro atoms. The Hall–Kier alpha value is -1.39. The lowest BCUT2D eigenvalue weighted by molar-refractivity contribution is 0.414. The van der Waals surface area contributed by atoms with Crippen LogP contribution in [0.5, 0.6) is 5.75 Å². The molecule has 2 aromatic rings. The van der Waals surface area contributed by atoms with E-state index >= 15 is 0 Å². The van der Waals surface area contributed by atoms with Crippen molar-refractivity contribution in [3.05, 3.63) is 45.9 Å². The first kappa shape index (κ1) is 12.1. The number of rotatable bonds is 4. The third kappa shape index (κ3) is 2.65. The Bertz CT molecular complexity index is 478. The molecule has 2 rings (SSSR count). The van der Waals surface area contributed by atoms with Gasteiger partial charge in [0.2, 0.25) is 0 Å². The van der Waals surface area contributed by atoms with Gasteiger partial charge in [-0.15, -0.1) is 11.3 Å². The monoisotopic (exact) mass is 248 g/mol. The van der Waals surface area contributed by atoms with E-state index in [0.29, 0.717) is 0 Å². The van der Waals surface area contributed by atoms with E-state index in [1.807, 2.05) is 26.1 Å². The summed E-state index contributed by atoms with van der Waals surface area (Å²) in [5.41, 5.74) is 2.26. The number of nitrogens with one attached hydrogen (secondary N) is 1. The standard InChI is InChI=1S/C13H16N2OS/c1-9-15-12(8-17-9)13(14-2)10-4-6-11(16-3)7-5-10/h4-8,13-14H,1-3H3. The fraction of sp³-hybridized carbons (Fsp3) is 0.308. The van der Waals surface area contributed by atoms with Gasteiger partial charge in [0.15, 0.2) is 0 Å². The molecule has 1 aromatic carbocycles. The molecule has 1 unspecified atom stereocenters. The van der Waals surface area contributed by atoms with E-state index in [0.717, 1.165) is 16.5 Å². The molecule has 0 aliphatic rings. The summed E-state index contributed by atoms with van der Waals surface area (Å²) in [5, 5.41) is 6.48. The van der Waals surface area contributed by atoms with Crippen molar-refractivity contribution in [2.45, 2.75) is 13.0 Å². The van der Waals surface area contributed by atoms with Gasteiger partial charge in [-0.1, -0.05) is 12.1 Å². The van der Waals surface area contributed by atoms with E-state index in [1.54, 1.807) is 18.4 Å². The Kier molecular flexibility index (Phi) is 3.76. The van der Waals surface area contributed by atoms with Crippen LogP contribution in [0, 0.1) is 6.92 Å². The molecule has 0 fully saturated rings. The third-order valence-corrected chi connectivity index (χ3v) is 3.46. The number of aryl methyl sites for hydroxylation is 1. The zero-order valence-electron chi connectivity index (χ0n) is 10.2. The van der Waals surface area contributed by atoms with Crippen molar-refractivity contribution < 1.29 is 4.74 Å². The summed E-state index contributed by atoms with van der Waals surface area (Å²) in [6.45, 7) is 2.02. The number of benzene rings is 1. The fourth-order valence-corrected chi connectivity index (χ4v) is 2.43. The molecule has 17 heavy (non-hydrogen) atoms. The van der Waals surface area contributed by atoms with E-state index in [9.17, 15) is 0 Å². The molecular weight excluding hydrogens is 232 g/mol. The van der Waals surface area contributed by atoms with Crippen LogP contribution in [0.15, 0.2) is 29.6 Å². The number of methoxy groups -OCH3 is 1. The number of aromatic nitrogens is 1. The second-order valence-electron chi connectivity index (χ2n) is 3.79. The van der Waals surface area contributed by atoms with Crippen LogP contribution in [0.1, 0.15) is 22.3 Å². The van der Waals surface area contributed by atoms with Gasteiger partial charge in [0.25, 0.3) is 0 Å². The van der Waals surface area contributed by atoms with E-state index < -0.39 is 0 Å². The van der Waals surface area contributed by atoms with Gasteiger partial charge < -0.3 is 10.1 Å². The Balaban J connectivity index is 2.28. The van der Waals surface area contributed by atoms with E-state index in [2.05, 4.69) is 27.8 Å². The minimum absolute atomic E-state index is 0.144. The molecule has 4 heteroatoms. The molecule has 0 aliphatic carbocycles. The van der Waals surface area contributed by atoms with Gasteiger partial charge in [0.1, 0.15) is 5.75 Å². The number of hydrogen-bond acceptors (Lipinski definition) is 4. The quantitative estimate of drug-likeness (QED) is 0.903. The highest BCUT2D eigenvalue weighted by Gasteiger charge is 2.14. The Labute approximate surface area is 105 Å². The van der Waals surface area contributed by atoms with Crippen LogP contribution in [0.3, 0.4) is 0 Å². The van der Waals surface area contributed by atoms with Gasteiger partial charge >= 0.3 is 0 Å². The SMILES string of the molecule is CNC(c1ccc(OC)cc1)c1csc(C)n1. The maximum atomic E-state index is 5.16. The van der Waals surface area contributed by atoms with Gasteiger partial charge in [-0.2, -0.15) is 0 Å². The van der Waals surface area contributed by atoms with E-state index in [4.69, 9.17) is 4.74 Å². The van der Waals surface area contributed by atoms with Crippen LogP contribution in [0.25, 0.3) is 0 Å². The Morgan fingerprint density at radius 1 is 1.29 bits per heavy atom. The molecule has 1 heterocycles. The molecule has 0 saturated carbocycles. The lowest BCUT2D eigenvalue weighted by Gasteiger charge is -2.14. The predicted molar refractivity (Wildman–Crippen MR) is 70.7 cm³/mol. The molecular formula is C13H16N2OS. The van der Waals surface area contributed by atoms with Crippen LogP contribution < -0.4 is 10.1 Å². The Morgan fingerprint density at radius 2 is 2.00 bits per heavy atom. The minimum atomic E-state index is 0.144. The summed E-state index contributed by atoms with van der Waals surface area (Å²) in [6.07, 6.45) is 0. The first-order valence-electron chi connectivity index (χ1n) is 5.48. The number of hydrogen-bond donors (Lipinski definition) is 1. The van der Waals surface area contributed by atoms with E-state index in [1.165, 1.54) is 5.56 Å². The number of ether oxygens (including phenoxy) is 1. The van der Waals surface area contributed by atoms with Crippen molar-refractivity contribution in [1.82, 2.24) is 10.3 Å². The topological polar surface area (TPSA) is 34.1 Å². The third-order valence-electron chi connectivity index (χ3n) is 2.67. The average Bonchev–Trinajstić information content (AvgIpc) is 2.78. The van der Waals surface area contributed by atoms with Gasteiger partial charge in [0.05, 0.1) is 23.9 Å². The molecule has 1 aromatic heterocycles. The molecule has 0 saturated heterocycles. The normalized spacial score (nSPS) is 12.4. The maximum Gasteiger partial charge on any atom is 0.118 e. The van der Waals surface area contributed by atoms with E-state index in [-0.39, 0.29) is 6.04 Å². The van der Waals surface area contributed by atoms with Crippen LogP contribution >= 0.6 is 11.3 Å². The molecule has 0 radical (unpaired) electrons. The lowest BCUT2D eigenvalue weighted by Crippen LogP contribution is -2.17. The first-order chi connectivity index (χ1) is 8.24. The van der Waals surface area contributed by atoms with Crippen LogP contribution in [-0.2, 0) is 0 Å². The zero-order valence-corrected chi connectivity index (χ0v) is 11.0. The predicted octanol–water partition coefficient (Wildman–Crippen LogP) is 2.77. The summed E-state index contributed by atoms with van der Waals surface area (Å²) < 4.78 is 5.16.